The lowest BCUT2D eigenvalue weighted by Crippen LogP contribution is -2.25. The molecule has 5 nitrogen and oxygen atoms in total. The number of hydrogen-bond donors (Lipinski definition) is 0. The Balaban J connectivity index is 1.57. The Morgan fingerprint density at radius 3 is 2.59 bits per heavy atom. The molecule has 0 spiro atoms. The minimum absolute atomic E-state index is 0.592. The highest BCUT2D eigenvalue weighted by Crippen LogP contribution is 2.34. The largest absolute Gasteiger partial charge is 0.355 e. The molecule has 0 atom stereocenters. The van der Waals surface area contributed by atoms with Crippen molar-refractivity contribution in [2.45, 2.75) is 12.7 Å². The van der Waals surface area contributed by atoms with Crippen LogP contribution in [-0.4, -0.2) is 22.9 Å². The minimum Gasteiger partial charge on any atom is -0.355 e. The summed E-state index contributed by atoms with van der Waals surface area (Å²) in [6.45, 7) is 3.13. The lowest BCUT2D eigenvalue weighted by atomic mass is 10.1. The van der Waals surface area contributed by atoms with Crippen LogP contribution in [0.2, 0.25) is 5.02 Å². The van der Waals surface area contributed by atoms with Crippen LogP contribution in [0.5, 0.6) is 0 Å². The summed E-state index contributed by atoms with van der Waals surface area (Å²) in [5.41, 5.74) is 3.65. The molecule has 27 heavy (non-hydrogen) atoms. The summed E-state index contributed by atoms with van der Waals surface area (Å²) in [7, 11) is 0. The first-order valence-corrected chi connectivity index (χ1v) is 9.13. The van der Waals surface area contributed by atoms with E-state index in [-0.39, 0.29) is 0 Å². The van der Waals surface area contributed by atoms with Gasteiger partial charge in [-0.25, -0.2) is 0 Å². The zero-order chi connectivity index (χ0) is 18.4. The molecule has 6 heteroatoms. The fourth-order valence-electron chi connectivity index (χ4n) is 3.53. The van der Waals surface area contributed by atoms with Crippen molar-refractivity contribution in [3.05, 3.63) is 71.5 Å². The number of hydrogen-bond acceptors (Lipinski definition) is 4. The maximum absolute atomic E-state index is 5.98. The van der Waals surface area contributed by atoms with Crippen molar-refractivity contribution in [2.24, 2.45) is 0 Å². The second-order valence-electron chi connectivity index (χ2n) is 6.63. The van der Waals surface area contributed by atoms with Gasteiger partial charge in [0, 0.05) is 27.9 Å². The van der Waals surface area contributed by atoms with E-state index < -0.39 is 5.79 Å². The molecule has 0 unspecified atom stereocenters. The molecule has 4 aromatic rings. The maximum atomic E-state index is 5.98. The van der Waals surface area contributed by atoms with Gasteiger partial charge in [0.25, 0.3) is 0 Å². The topological polar surface area (TPSA) is 49.4 Å². The van der Waals surface area contributed by atoms with E-state index >= 15 is 0 Å². The molecule has 2 aromatic carbocycles. The zero-order valence-corrected chi connectivity index (χ0v) is 15.4. The van der Waals surface area contributed by atoms with Gasteiger partial charge in [0.15, 0.2) is 5.76 Å². The Kier molecular flexibility index (Phi) is 3.82. The Labute approximate surface area is 161 Å². The number of rotatable bonds is 3. The zero-order valence-electron chi connectivity index (χ0n) is 14.7. The van der Waals surface area contributed by atoms with Crippen LogP contribution in [0.1, 0.15) is 12.6 Å². The van der Waals surface area contributed by atoms with E-state index in [0.29, 0.717) is 18.2 Å². The normalized spacial score (nSPS) is 16.2. The van der Waals surface area contributed by atoms with Gasteiger partial charge in [0.05, 0.1) is 18.9 Å². The first-order chi connectivity index (χ1) is 13.1. The predicted octanol–water partition coefficient (Wildman–Crippen LogP) is 5.16. The van der Waals surface area contributed by atoms with E-state index in [1.165, 1.54) is 0 Å². The smallest absolute Gasteiger partial charge is 0.207 e. The van der Waals surface area contributed by atoms with Gasteiger partial charge < -0.3 is 18.6 Å². The summed E-state index contributed by atoms with van der Waals surface area (Å²) in [6.07, 6.45) is 1.99. The summed E-state index contributed by atoms with van der Waals surface area (Å²) >= 11 is 5.98. The van der Waals surface area contributed by atoms with Gasteiger partial charge in [-0.15, -0.1) is 0 Å². The highest BCUT2D eigenvalue weighted by Gasteiger charge is 2.36. The number of aromatic nitrogens is 2. The van der Waals surface area contributed by atoms with Crippen molar-refractivity contribution >= 4 is 22.5 Å². The van der Waals surface area contributed by atoms with Crippen molar-refractivity contribution in [3.63, 3.8) is 0 Å². The molecule has 0 amide bonds. The van der Waals surface area contributed by atoms with Crippen LogP contribution in [0, 0.1) is 0 Å². The van der Waals surface area contributed by atoms with Gasteiger partial charge >= 0.3 is 0 Å². The van der Waals surface area contributed by atoms with Crippen LogP contribution in [-0.2, 0) is 15.3 Å². The van der Waals surface area contributed by atoms with Gasteiger partial charge in [-0.2, -0.15) is 0 Å². The molecule has 0 bridgehead atoms. The number of ether oxygens (including phenoxy) is 2. The van der Waals surface area contributed by atoms with Crippen molar-refractivity contribution in [1.29, 1.82) is 0 Å². The fraction of sp³-hybridized carbons (Fsp3) is 0.190. The summed E-state index contributed by atoms with van der Waals surface area (Å²) in [4.78, 5) is 0. The maximum Gasteiger partial charge on any atom is 0.207 e. The van der Waals surface area contributed by atoms with Crippen LogP contribution in [0.15, 0.2) is 65.3 Å². The van der Waals surface area contributed by atoms with Gasteiger partial charge in [-0.3, -0.25) is 0 Å². The molecule has 1 fully saturated rings. The summed E-state index contributed by atoms with van der Waals surface area (Å²) in [5.74, 6) is -0.00751. The first-order valence-electron chi connectivity index (χ1n) is 8.76. The van der Waals surface area contributed by atoms with E-state index in [1.807, 2.05) is 67.7 Å². The molecule has 1 aliphatic heterocycles. The molecule has 0 saturated carbocycles. The van der Waals surface area contributed by atoms with E-state index in [2.05, 4.69) is 9.72 Å². The van der Waals surface area contributed by atoms with Crippen LogP contribution < -0.4 is 0 Å². The van der Waals surface area contributed by atoms with E-state index in [9.17, 15) is 0 Å². The van der Waals surface area contributed by atoms with E-state index in [4.69, 9.17) is 25.6 Å². The lowest BCUT2D eigenvalue weighted by Gasteiger charge is -2.24. The number of fused-ring (bicyclic) bond motifs is 1. The second-order valence-corrected chi connectivity index (χ2v) is 7.06. The van der Waals surface area contributed by atoms with Crippen molar-refractivity contribution in [2.75, 3.05) is 13.2 Å². The van der Waals surface area contributed by atoms with Crippen LogP contribution in [0.4, 0.5) is 0 Å². The third-order valence-corrected chi connectivity index (χ3v) is 5.15. The van der Waals surface area contributed by atoms with Gasteiger partial charge in [-0.1, -0.05) is 16.8 Å². The minimum atomic E-state index is -0.739. The Morgan fingerprint density at radius 1 is 1.04 bits per heavy atom. The lowest BCUT2D eigenvalue weighted by molar-refractivity contribution is -0.153. The van der Waals surface area contributed by atoms with Gasteiger partial charge in [-0.05, 0) is 61.5 Å². The third kappa shape index (κ3) is 2.75. The molecule has 0 radical (unpaired) electrons. The number of benzene rings is 2. The summed E-state index contributed by atoms with van der Waals surface area (Å²) in [6, 6.07) is 17.6. The number of nitrogens with zero attached hydrogens (tertiary/aromatic N) is 2. The monoisotopic (exact) mass is 380 g/mol. The Hall–Kier alpha value is -2.60. The molecule has 5 rings (SSSR count). The molecule has 3 heterocycles. The molecule has 1 saturated heterocycles. The first kappa shape index (κ1) is 16.6. The van der Waals surface area contributed by atoms with Gasteiger partial charge in [0.1, 0.15) is 5.52 Å². The van der Waals surface area contributed by atoms with Crippen molar-refractivity contribution < 1.29 is 14.0 Å². The standard InChI is InChI=1S/C21H17ClN2O3/c1-21(25-11-12-26-21)19-3-2-10-24(19)16-8-9-17-18(13-16)23-27-20(17)14-4-6-15(22)7-5-14/h2-10,13H,11-12H2,1H3. The highest BCUT2D eigenvalue weighted by atomic mass is 35.5. The summed E-state index contributed by atoms with van der Waals surface area (Å²) < 4.78 is 19.3. The Bertz CT molecular complexity index is 1110. The van der Waals surface area contributed by atoms with Crippen molar-refractivity contribution in [1.82, 2.24) is 9.72 Å². The molecule has 2 aromatic heterocycles. The average Bonchev–Trinajstić information content (AvgIpc) is 3.41. The molecular formula is C21H17ClN2O3. The fourth-order valence-corrected chi connectivity index (χ4v) is 3.66. The van der Waals surface area contributed by atoms with Gasteiger partial charge in [0.2, 0.25) is 5.79 Å². The molecule has 0 N–H and O–H groups in total. The van der Waals surface area contributed by atoms with E-state index in [0.717, 1.165) is 33.6 Å². The average molecular weight is 381 g/mol. The molecule has 0 aliphatic carbocycles. The SMILES string of the molecule is CC1(c2cccn2-c2ccc3c(-c4ccc(Cl)cc4)onc3c2)OCCO1. The number of halogens is 1. The van der Waals surface area contributed by atoms with Crippen LogP contribution in [0.3, 0.4) is 0 Å². The summed E-state index contributed by atoms with van der Waals surface area (Å²) in [5, 5.41) is 5.89. The quantitative estimate of drug-likeness (QED) is 0.492. The second kappa shape index (κ2) is 6.23. The highest BCUT2D eigenvalue weighted by molar-refractivity contribution is 6.30. The van der Waals surface area contributed by atoms with E-state index in [1.54, 1.807) is 0 Å². The third-order valence-electron chi connectivity index (χ3n) is 4.90. The van der Waals surface area contributed by atoms with Crippen molar-refractivity contribution in [3.8, 4) is 17.0 Å². The molecular weight excluding hydrogens is 364 g/mol. The van der Waals surface area contributed by atoms with Crippen LogP contribution in [0.25, 0.3) is 27.9 Å². The molecule has 136 valence electrons. The molecule has 1 aliphatic rings. The Morgan fingerprint density at radius 2 is 1.81 bits per heavy atom. The predicted molar refractivity (Wildman–Crippen MR) is 103 cm³/mol. The van der Waals surface area contributed by atoms with Crippen LogP contribution >= 0.6 is 11.6 Å².